The van der Waals surface area contributed by atoms with Crippen molar-refractivity contribution in [1.82, 2.24) is 4.98 Å². The predicted octanol–water partition coefficient (Wildman–Crippen LogP) is 4.20. The van der Waals surface area contributed by atoms with E-state index in [1.54, 1.807) is 0 Å². The Balaban J connectivity index is 1.56. The van der Waals surface area contributed by atoms with Crippen molar-refractivity contribution in [2.75, 3.05) is 18.0 Å². The fourth-order valence-electron chi connectivity index (χ4n) is 3.58. The first-order valence-corrected chi connectivity index (χ1v) is 8.57. The largest absolute Gasteiger partial charge is 0.423 e. The van der Waals surface area contributed by atoms with E-state index in [1.165, 1.54) is 18.4 Å². The molecule has 2 aliphatic rings. The van der Waals surface area contributed by atoms with Gasteiger partial charge in [0.05, 0.1) is 0 Å². The monoisotopic (exact) mass is 307 g/mol. The zero-order chi connectivity index (χ0) is 15.6. The van der Waals surface area contributed by atoms with E-state index in [0.717, 1.165) is 38.2 Å². The van der Waals surface area contributed by atoms with Gasteiger partial charge in [-0.2, -0.15) is 5.26 Å². The molecule has 1 aliphatic carbocycles. The molecule has 0 amide bonds. The summed E-state index contributed by atoms with van der Waals surface area (Å²) < 4.78 is 6.07. The molecule has 23 heavy (non-hydrogen) atoms. The van der Waals surface area contributed by atoms with Crippen LogP contribution in [0.5, 0.6) is 0 Å². The van der Waals surface area contributed by atoms with E-state index in [9.17, 15) is 5.26 Å². The minimum absolute atomic E-state index is 0.324. The van der Waals surface area contributed by atoms with Gasteiger partial charge in [0, 0.05) is 19.0 Å². The molecule has 118 valence electrons. The summed E-state index contributed by atoms with van der Waals surface area (Å²) in [6, 6.07) is 12.7. The molecule has 2 atom stereocenters. The third kappa shape index (κ3) is 2.84. The number of anilines is 1. The molecule has 0 unspecified atom stereocenters. The van der Waals surface area contributed by atoms with Crippen molar-refractivity contribution >= 4 is 5.88 Å². The number of nitriles is 1. The molecule has 1 saturated carbocycles. The van der Waals surface area contributed by atoms with E-state index in [4.69, 9.17) is 4.42 Å². The highest BCUT2D eigenvalue weighted by molar-refractivity contribution is 5.49. The van der Waals surface area contributed by atoms with Gasteiger partial charge in [-0.3, -0.25) is 0 Å². The van der Waals surface area contributed by atoms with Gasteiger partial charge in [0.1, 0.15) is 6.07 Å². The van der Waals surface area contributed by atoms with Gasteiger partial charge in [0.15, 0.2) is 0 Å². The summed E-state index contributed by atoms with van der Waals surface area (Å²) in [5, 5.41) is 9.42. The maximum Gasteiger partial charge on any atom is 0.234 e. The average Bonchev–Trinajstić information content (AvgIpc) is 3.35. The molecule has 4 heteroatoms. The van der Waals surface area contributed by atoms with Gasteiger partial charge in [-0.25, -0.2) is 4.98 Å². The number of hydrogen-bond acceptors (Lipinski definition) is 4. The summed E-state index contributed by atoms with van der Waals surface area (Å²) in [7, 11) is 0. The highest BCUT2D eigenvalue weighted by Gasteiger charge is 2.44. The standard InChI is InChI=1S/C19H21N3O/c20-13-17-19(22-10-6-1-2-7-11-22)23-18(21-17)16-12-15(16)14-8-4-3-5-9-14/h3-5,8-9,15-16H,1-2,6-7,10-12H2/t15-,16+/m1/s1. The van der Waals surface area contributed by atoms with Gasteiger partial charge in [-0.1, -0.05) is 43.2 Å². The molecule has 4 rings (SSSR count). The second-order valence-corrected chi connectivity index (χ2v) is 6.58. The average molecular weight is 307 g/mol. The van der Waals surface area contributed by atoms with Gasteiger partial charge in [-0.15, -0.1) is 0 Å². The Morgan fingerprint density at radius 3 is 2.48 bits per heavy atom. The van der Waals surface area contributed by atoms with Crippen molar-refractivity contribution in [3.05, 3.63) is 47.5 Å². The Bertz CT molecular complexity index is 708. The van der Waals surface area contributed by atoms with E-state index in [-0.39, 0.29) is 0 Å². The molecule has 4 nitrogen and oxygen atoms in total. The van der Waals surface area contributed by atoms with E-state index < -0.39 is 0 Å². The van der Waals surface area contributed by atoms with Crippen LogP contribution in [-0.4, -0.2) is 18.1 Å². The Morgan fingerprint density at radius 1 is 1.04 bits per heavy atom. The first kappa shape index (κ1) is 14.3. The Labute approximate surface area is 136 Å². The zero-order valence-corrected chi connectivity index (χ0v) is 13.2. The summed E-state index contributed by atoms with van der Waals surface area (Å²) in [6.07, 6.45) is 5.92. The topological polar surface area (TPSA) is 53.1 Å². The van der Waals surface area contributed by atoms with Gasteiger partial charge < -0.3 is 9.32 Å². The maximum absolute atomic E-state index is 9.42. The van der Waals surface area contributed by atoms with Crippen LogP contribution in [0.25, 0.3) is 0 Å². The first-order valence-electron chi connectivity index (χ1n) is 8.57. The van der Waals surface area contributed by atoms with E-state index in [1.807, 2.05) is 6.07 Å². The second-order valence-electron chi connectivity index (χ2n) is 6.58. The molecular formula is C19H21N3O. The van der Waals surface area contributed by atoms with Crippen molar-refractivity contribution in [1.29, 1.82) is 5.26 Å². The molecule has 0 radical (unpaired) electrons. The van der Waals surface area contributed by atoms with E-state index in [0.29, 0.717) is 23.4 Å². The number of benzene rings is 1. The smallest absolute Gasteiger partial charge is 0.234 e. The van der Waals surface area contributed by atoms with Crippen molar-refractivity contribution in [3.8, 4) is 6.07 Å². The van der Waals surface area contributed by atoms with Gasteiger partial charge in [-0.05, 0) is 30.7 Å². The van der Waals surface area contributed by atoms with Crippen molar-refractivity contribution < 1.29 is 4.42 Å². The first-order chi connectivity index (χ1) is 11.4. The molecule has 2 heterocycles. The van der Waals surface area contributed by atoms with Crippen LogP contribution in [0.3, 0.4) is 0 Å². The van der Waals surface area contributed by atoms with Gasteiger partial charge in [0.25, 0.3) is 0 Å². The molecule has 1 aromatic heterocycles. The van der Waals surface area contributed by atoms with Gasteiger partial charge in [0.2, 0.25) is 17.5 Å². The SMILES string of the molecule is N#Cc1nc([C@H]2C[C@@H]2c2ccccc2)oc1N1CCCCCC1. The Hall–Kier alpha value is -2.28. The normalized spacial score (nSPS) is 24.0. The molecule has 2 fully saturated rings. The third-order valence-corrected chi connectivity index (χ3v) is 4.96. The van der Waals surface area contributed by atoms with Crippen LogP contribution in [0.2, 0.25) is 0 Å². The van der Waals surface area contributed by atoms with Crippen molar-refractivity contribution in [2.45, 2.75) is 43.9 Å². The van der Waals surface area contributed by atoms with Gasteiger partial charge >= 0.3 is 0 Å². The molecular weight excluding hydrogens is 286 g/mol. The summed E-state index contributed by atoms with van der Waals surface area (Å²) in [5.41, 5.74) is 1.80. The van der Waals surface area contributed by atoms with Crippen LogP contribution in [0.15, 0.2) is 34.7 Å². The predicted molar refractivity (Wildman–Crippen MR) is 88.4 cm³/mol. The fourth-order valence-corrected chi connectivity index (χ4v) is 3.58. The highest BCUT2D eigenvalue weighted by atomic mass is 16.4. The minimum atomic E-state index is 0.324. The number of rotatable bonds is 3. The maximum atomic E-state index is 9.42. The Morgan fingerprint density at radius 2 is 1.78 bits per heavy atom. The number of nitrogens with zero attached hydrogens (tertiary/aromatic N) is 3. The lowest BCUT2D eigenvalue weighted by atomic mass is 10.1. The van der Waals surface area contributed by atoms with E-state index in [2.05, 4.69) is 40.2 Å². The van der Waals surface area contributed by atoms with E-state index >= 15 is 0 Å². The Kier molecular flexibility index (Phi) is 3.78. The van der Waals surface area contributed by atoms with Crippen molar-refractivity contribution in [3.63, 3.8) is 0 Å². The molecule has 2 aromatic rings. The number of aromatic nitrogens is 1. The lowest BCUT2D eigenvalue weighted by Gasteiger charge is -2.18. The van der Waals surface area contributed by atoms with Crippen LogP contribution in [0.4, 0.5) is 5.88 Å². The van der Waals surface area contributed by atoms with Crippen LogP contribution in [-0.2, 0) is 0 Å². The minimum Gasteiger partial charge on any atom is -0.423 e. The van der Waals surface area contributed by atoms with Crippen LogP contribution < -0.4 is 4.90 Å². The van der Waals surface area contributed by atoms with Crippen LogP contribution in [0, 0.1) is 11.3 Å². The lowest BCUT2D eigenvalue weighted by molar-refractivity contribution is 0.484. The highest BCUT2D eigenvalue weighted by Crippen LogP contribution is 2.54. The number of hydrogen-bond donors (Lipinski definition) is 0. The third-order valence-electron chi connectivity index (χ3n) is 4.96. The molecule has 1 saturated heterocycles. The quantitative estimate of drug-likeness (QED) is 0.853. The second kappa shape index (κ2) is 6.08. The van der Waals surface area contributed by atoms with Crippen molar-refractivity contribution in [2.24, 2.45) is 0 Å². The summed E-state index contributed by atoms with van der Waals surface area (Å²) in [4.78, 5) is 6.71. The molecule has 1 aliphatic heterocycles. The fraction of sp³-hybridized carbons (Fsp3) is 0.474. The zero-order valence-electron chi connectivity index (χ0n) is 13.2. The number of oxazole rings is 1. The van der Waals surface area contributed by atoms with Crippen LogP contribution in [0.1, 0.15) is 61.1 Å². The molecule has 0 N–H and O–H groups in total. The molecule has 0 spiro atoms. The molecule has 1 aromatic carbocycles. The summed E-state index contributed by atoms with van der Waals surface area (Å²) in [6.45, 7) is 1.94. The lowest BCUT2D eigenvalue weighted by Crippen LogP contribution is -2.24. The molecule has 0 bridgehead atoms. The summed E-state index contributed by atoms with van der Waals surface area (Å²) in [5.74, 6) is 2.25. The summed E-state index contributed by atoms with van der Waals surface area (Å²) >= 11 is 0. The van der Waals surface area contributed by atoms with Crippen LogP contribution >= 0.6 is 0 Å².